The second kappa shape index (κ2) is 6.12. The first-order chi connectivity index (χ1) is 10.3. The van der Waals surface area contributed by atoms with E-state index in [1.165, 1.54) is 27.1 Å². The highest BCUT2D eigenvalue weighted by atomic mass is 32.2. The van der Waals surface area contributed by atoms with Crippen molar-refractivity contribution in [2.45, 2.75) is 6.92 Å². The van der Waals surface area contributed by atoms with Gasteiger partial charge in [-0.1, -0.05) is 6.07 Å². The summed E-state index contributed by atoms with van der Waals surface area (Å²) in [6.07, 6.45) is 0. The van der Waals surface area contributed by atoms with Gasteiger partial charge < -0.3 is 4.74 Å². The molecule has 0 unspecified atom stereocenters. The Balaban J connectivity index is 2.26. The summed E-state index contributed by atoms with van der Waals surface area (Å²) in [6, 6.07) is 5.97. The molecule has 0 bridgehead atoms. The van der Waals surface area contributed by atoms with Crippen molar-refractivity contribution in [3.8, 4) is 5.75 Å². The zero-order valence-electron chi connectivity index (χ0n) is 12.1. The van der Waals surface area contributed by atoms with Gasteiger partial charge in [0.05, 0.1) is 7.11 Å². The maximum atomic E-state index is 11.7. The van der Waals surface area contributed by atoms with Crippen molar-refractivity contribution < 1.29 is 22.8 Å². The van der Waals surface area contributed by atoms with E-state index in [4.69, 9.17) is 4.74 Å². The van der Waals surface area contributed by atoms with Crippen molar-refractivity contribution in [1.82, 2.24) is 9.79 Å². The minimum Gasteiger partial charge on any atom is -0.425 e. The first-order valence-electron chi connectivity index (χ1n) is 6.09. The molecule has 0 radical (unpaired) electrons. The molecule has 1 aliphatic heterocycles. The number of hydrogen-bond acceptors (Lipinski definition) is 6. The second-order valence-electron chi connectivity index (χ2n) is 4.24. The van der Waals surface area contributed by atoms with Gasteiger partial charge in [-0.3, -0.25) is 9.63 Å². The lowest BCUT2D eigenvalue weighted by Gasteiger charge is -2.21. The van der Waals surface area contributed by atoms with Crippen molar-refractivity contribution in [2.75, 3.05) is 14.2 Å². The fraction of sp³-hybridized carbons (Fsp3) is 0.250. The number of hydrogen-bond donors (Lipinski definition) is 1. The zero-order valence-corrected chi connectivity index (χ0v) is 12.9. The van der Waals surface area contributed by atoms with Gasteiger partial charge in [0.15, 0.2) is 0 Å². The average Bonchev–Trinajstić information content (AvgIpc) is 2.44. The number of rotatable bonds is 3. The standard InChI is InChI=1S/C12H14N4O5S/c1-8-13-12(16(2)22(18,19)15-8)21-10-6-4-5-9(7-10)11(17)14-20-3/h4-7H,1-3H3,(H,14,17). The SMILES string of the molecule is CONC(=O)c1cccc(OC2=NC(C)=NS(=O)(=O)N2C)c1. The normalized spacial score (nSPS) is 16.6. The fourth-order valence-corrected chi connectivity index (χ4v) is 2.37. The van der Waals surface area contributed by atoms with Crippen LogP contribution < -0.4 is 10.2 Å². The highest BCUT2D eigenvalue weighted by Crippen LogP contribution is 2.17. The second-order valence-corrected chi connectivity index (χ2v) is 5.87. The minimum atomic E-state index is -3.85. The molecule has 9 nitrogen and oxygen atoms in total. The number of aliphatic imine (C=N–C) groups is 1. The summed E-state index contributed by atoms with van der Waals surface area (Å²) in [4.78, 5) is 20.1. The Bertz CT molecular complexity index is 757. The van der Waals surface area contributed by atoms with Gasteiger partial charge in [0, 0.05) is 12.6 Å². The van der Waals surface area contributed by atoms with Gasteiger partial charge in [0.25, 0.3) is 5.91 Å². The number of carbonyl (C=O) groups excluding carboxylic acids is 1. The lowest BCUT2D eigenvalue weighted by Crippen LogP contribution is -2.39. The van der Waals surface area contributed by atoms with E-state index in [-0.39, 0.29) is 23.2 Å². The Morgan fingerprint density at radius 3 is 2.77 bits per heavy atom. The molecule has 0 atom stereocenters. The van der Waals surface area contributed by atoms with Gasteiger partial charge in [-0.2, -0.15) is 13.4 Å². The van der Waals surface area contributed by atoms with Gasteiger partial charge in [-0.15, -0.1) is 4.40 Å². The maximum absolute atomic E-state index is 11.7. The van der Waals surface area contributed by atoms with Crippen LogP contribution in [0.1, 0.15) is 17.3 Å². The molecule has 0 saturated carbocycles. The van der Waals surface area contributed by atoms with E-state index in [2.05, 4.69) is 19.7 Å². The summed E-state index contributed by atoms with van der Waals surface area (Å²) in [6.45, 7) is 1.44. The summed E-state index contributed by atoms with van der Waals surface area (Å²) >= 11 is 0. The van der Waals surface area contributed by atoms with Crippen molar-refractivity contribution in [1.29, 1.82) is 0 Å². The third-order valence-electron chi connectivity index (χ3n) is 2.62. The Morgan fingerprint density at radius 1 is 1.36 bits per heavy atom. The van der Waals surface area contributed by atoms with Crippen molar-refractivity contribution in [3.05, 3.63) is 29.8 Å². The fourth-order valence-electron chi connectivity index (χ4n) is 1.60. The maximum Gasteiger partial charge on any atom is 0.349 e. The summed E-state index contributed by atoms with van der Waals surface area (Å²) in [5.74, 6) is -0.155. The van der Waals surface area contributed by atoms with E-state index in [1.807, 2.05) is 0 Å². The summed E-state index contributed by atoms with van der Waals surface area (Å²) < 4.78 is 33.2. The molecule has 0 saturated heterocycles. The summed E-state index contributed by atoms with van der Waals surface area (Å²) in [7, 11) is -1.26. The van der Waals surface area contributed by atoms with Gasteiger partial charge in [-0.25, -0.2) is 9.79 Å². The van der Waals surface area contributed by atoms with Crippen LogP contribution in [0.25, 0.3) is 0 Å². The van der Waals surface area contributed by atoms with Crippen LogP contribution in [0.5, 0.6) is 5.75 Å². The van der Waals surface area contributed by atoms with E-state index >= 15 is 0 Å². The van der Waals surface area contributed by atoms with E-state index in [1.54, 1.807) is 18.2 Å². The van der Waals surface area contributed by atoms with Crippen LogP contribution in [-0.2, 0) is 15.0 Å². The zero-order chi connectivity index (χ0) is 16.3. The van der Waals surface area contributed by atoms with Crippen LogP contribution in [0.3, 0.4) is 0 Å². The molecule has 0 aliphatic carbocycles. The molecule has 0 spiro atoms. The molecule has 1 aliphatic rings. The lowest BCUT2D eigenvalue weighted by atomic mass is 10.2. The molecule has 22 heavy (non-hydrogen) atoms. The minimum absolute atomic E-state index is 0.0568. The highest BCUT2D eigenvalue weighted by molar-refractivity contribution is 7.88. The topological polar surface area (TPSA) is 110 Å². The van der Waals surface area contributed by atoms with Crippen molar-refractivity contribution in [3.63, 3.8) is 0 Å². The molecule has 1 aromatic rings. The van der Waals surface area contributed by atoms with Gasteiger partial charge in [0.1, 0.15) is 11.6 Å². The quantitative estimate of drug-likeness (QED) is 0.805. The third-order valence-corrected chi connectivity index (χ3v) is 3.96. The number of hydroxylamine groups is 1. The van der Waals surface area contributed by atoms with Crippen molar-refractivity contribution >= 4 is 28.0 Å². The first-order valence-corrected chi connectivity index (χ1v) is 7.48. The van der Waals surface area contributed by atoms with Crippen LogP contribution in [0.2, 0.25) is 0 Å². The van der Waals surface area contributed by atoms with Crippen LogP contribution in [0.4, 0.5) is 0 Å². The largest absolute Gasteiger partial charge is 0.425 e. The van der Waals surface area contributed by atoms with Crippen molar-refractivity contribution in [2.24, 2.45) is 9.39 Å². The molecule has 0 aromatic heterocycles. The molecule has 10 heteroatoms. The highest BCUT2D eigenvalue weighted by Gasteiger charge is 2.27. The molecule has 1 heterocycles. The number of amides is 1. The molecule has 118 valence electrons. The number of amidine groups is 2. The summed E-state index contributed by atoms with van der Waals surface area (Å²) in [5, 5.41) is 0. The lowest BCUT2D eigenvalue weighted by molar-refractivity contribution is 0.0537. The van der Waals surface area contributed by atoms with Gasteiger partial charge in [-0.05, 0) is 25.1 Å². The number of ether oxygens (including phenoxy) is 1. The Morgan fingerprint density at radius 2 is 2.09 bits per heavy atom. The molecule has 1 amide bonds. The Kier molecular flexibility index (Phi) is 4.43. The van der Waals surface area contributed by atoms with Gasteiger partial charge in [0.2, 0.25) is 0 Å². The molecule has 1 N–H and O–H groups in total. The molecule has 2 rings (SSSR count). The molecule has 0 fully saturated rings. The van der Waals surface area contributed by atoms with Crippen LogP contribution in [0.15, 0.2) is 33.7 Å². The average molecular weight is 326 g/mol. The van der Waals surface area contributed by atoms with Crippen LogP contribution in [0, 0.1) is 0 Å². The first kappa shape index (κ1) is 15.9. The number of nitrogens with one attached hydrogen (secondary N) is 1. The molecular weight excluding hydrogens is 312 g/mol. The van der Waals surface area contributed by atoms with Crippen LogP contribution in [-0.4, -0.2) is 44.6 Å². The van der Waals surface area contributed by atoms with E-state index in [9.17, 15) is 13.2 Å². The predicted octanol–water partition coefficient (Wildman–Crippen LogP) is 0.321. The van der Waals surface area contributed by atoms with E-state index in [0.717, 1.165) is 4.31 Å². The number of nitrogens with zero attached hydrogens (tertiary/aromatic N) is 3. The predicted molar refractivity (Wildman–Crippen MR) is 78.8 cm³/mol. The Labute approximate surface area is 127 Å². The monoisotopic (exact) mass is 326 g/mol. The smallest absolute Gasteiger partial charge is 0.349 e. The molecular formula is C12H14N4O5S. The van der Waals surface area contributed by atoms with E-state index in [0.29, 0.717) is 0 Å². The number of carbonyl (C=O) groups is 1. The van der Waals surface area contributed by atoms with Crippen LogP contribution >= 0.6 is 0 Å². The Hall–Kier alpha value is -2.46. The van der Waals surface area contributed by atoms with E-state index < -0.39 is 16.1 Å². The molecule has 1 aromatic carbocycles. The van der Waals surface area contributed by atoms with Gasteiger partial charge >= 0.3 is 16.2 Å². The number of benzene rings is 1. The summed E-state index contributed by atoms with van der Waals surface area (Å²) in [5.41, 5.74) is 2.46. The third kappa shape index (κ3) is 3.40.